The summed E-state index contributed by atoms with van der Waals surface area (Å²) in [5.41, 5.74) is 1.02. The van der Waals surface area contributed by atoms with Gasteiger partial charge in [0.1, 0.15) is 5.82 Å². The lowest BCUT2D eigenvalue weighted by Gasteiger charge is -2.15. The van der Waals surface area contributed by atoms with Gasteiger partial charge in [-0.3, -0.25) is 14.2 Å². The highest BCUT2D eigenvalue weighted by atomic mass is 32.1. The molecule has 25 heavy (non-hydrogen) atoms. The summed E-state index contributed by atoms with van der Waals surface area (Å²) in [6.45, 7) is 1.71. The van der Waals surface area contributed by atoms with E-state index in [-0.39, 0.29) is 22.1 Å². The molecule has 1 heterocycles. The summed E-state index contributed by atoms with van der Waals surface area (Å²) in [5.74, 6) is -0.737. The van der Waals surface area contributed by atoms with Crippen molar-refractivity contribution in [3.63, 3.8) is 0 Å². The van der Waals surface area contributed by atoms with Crippen LogP contribution in [-0.4, -0.2) is 15.5 Å². The average Bonchev–Trinajstić information content (AvgIpc) is 2.59. The van der Waals surface area contributed by atoms with Gasteiger partial charge in [-0.2, -0.15) is 0 Å². The Morgan fingerprint density at radius 3 is 2.72 bits per heavy atom. The minimum atomic E-state index is -0.494. The van der Waals surface area contributed by atoms with Crippen molar-refractivity contribution in [1.29, 1.82) is 0 Å². The van der Waals surface area contributed by atoms with E-state index in [1.165, 1.54) is 10.6 Å². The maximum absolute atomic E-state index is 13.8. The minimum absolute atomic E-state index is 0.231. The van der Waals surface area contributed by atoms with Crippen LogP contribution < -0.4 is 10.9 Å². The van der Waals surface area contributed by atoms with E-state index >= 15 is 0 Å². The fourth-order valence-electron chi connectivity index (χ4n) is 2.63. The standard InChI is InChI=1S/C18H16FN3O2S/c1-10(12-5-3-4-6-14(12)19)20-16(23)11-7-8-13-15(9-11)21-18(25)22(2)17(13)24/h3-10H,1-2H3,(H,20,23)(H,21,25). The fourth-order valence-corrected chi connectivity index (χ4v) is 2.82. The molecular weight excluding hydrogens is 341 g/mol. The average molecular weight is 357 g/mol. The van der Waals surface area contributed by atoms with Crippen molar-refractivity contribution in [3.05, 3.63) is 74.5 Å². The normalized spacial score (nSPS) is 12.1. The van der Waals surface area contributed by atoms with Gasteiger partial charge < -0.3 is 10.3 Å². The van der Waals surface area contributed by atoms with Crippen LogP contribution in [0.2, 0.25) is 0 Å². The number of carbonyl (C=O) groups excluding carboxylic acids is 1. The van der Waals surface area contributed by atoms with E-state index in [1.54, 1.807) is 50.4 Å². The van der Waals surface area contributed by atoms with Gasteiger partial charge in [-0.25, -0.2) is 4.39 Å². The first-order valence-corrected chi connectivity index (χ1v) is 8.07. The van der Waals surface area contributed by atoms with Gasteiger partial charge in [-0.15, -0.1) is 0 Å². The van der Waals surface area contributed by atoms with Crippen LogP contribution in [0.5, 0.6) is 0 Å². The first-order chi connectivity index (χ1) is 11.9. The first-order valence-electron chi connectivity index (χ1n) is 7.67. The number of rotatable bonds is 3. The molecule has 0 aliphatic rings. The number of aromatic amines is 1. The lowest BCUT2D eigenvalue weighted by atomic mass is 10.1. The van der Waals surface area contributed by atoms with E-state index in [1.807, 2.05) is 0 Å². The first kappa shape index (κ1) is 17.0. The molecule has 1 atom stereocenters. The Kier molecular flexibility index (Phi) is 4.50. The summed E-state index contributed by atoms with van der Waals surface area (Å²) in [6, 6.07) is 10.5. The molecule has 2 N–H and O–H groups in total. The Balaban J connectivity index is 1.93. The van der Waals surface area contributed by atoms with Crippen LogP contribution in [0, 0.1) is 10.6 Å². The molecule has 0 saturated heterocycles. The smallest absolute Gasteiger partial charge is 0.261 e. The molecule has 128 valence electrons. The zero-order chi connectivity index (χ0) is 18.1. The van der Waals surface area contributed by atoms with Gasteiger partial charge in [-0.1, -0.05) is 18.2 Å². The van der Waals surface area contributed by atoms with Gasteiger partial charge in [0.2, 0.25) is 0 Å². The molecule has 1 aromatic heterocycles. The molecule has 5 nitrogen and oxygen atoms in total. The Morgan fingerprint density at radius 1 is 1.28 bits per heavy atom. The van der Waals surface area contributed by atoms with Crippen molar-refractivity contribution >= 4 is 29.0 Å². The Labute approximate surface area is 148 Å². The largest absolute Gasteiger partial charge is 0.345 e. The number of halogens is 1. The number of aromatic nitrogens is 2. The molecule has 0 aliphatic carbocycles. The van der Waals surface area contributed by atoms with Crippen LogP contribution in [0.25, 0.3) is 10.9 Å². The van der Waals surface area contributed by atoms with Gasteiger partial charge in [0.05, 0.1) is 16.9 Å². The number of carbonyl (C=O) groups is 1. The second kappa shape index (κ2) is 6.60. The van der Waals surface area contributed by atoms with Crippen molar-refractivity contribution in [2.24, 2.45) is 7.05 Å². The minimum Gasteiger partial charge on any atom is -0.345 e. The predicted octanol–water partition coefficient (Wildman–Crippen LogP) is 3.23. The molecule has 3 rings (SSSR count). The summed E-state index contributed by atoms with van der Waals surface area (Å²) in [7, 11) is 1.58. The Bertz CT molecular complexity index is 1090. The van der Waals surface area contributed by atoms with Crippen LogP contribution in [0.1, 0.15) is 28.9 Å². The van der Waals surface area contributed by atoms with Gasteiger partial charge in [0.25, 0.3) is 11.5 Å². The molecule has 2 aromatic carbocycles. The maximum Gasteiger partial charge on any atom is 0.261 e. The number of fused-ring (bicyclic) bond motifs is 1. The van der Waals surface area contributed by atoms with Crippen molar-refractivity contribution in [2.45, 2.75) is 13.0 Å². The number of nitrogens with one attached hydrogen (secondary N) is 2. The Morgan fingerprint density at radius 2 is 2.00 bits per heavy atom. The molecule has 0 bridgehead atoms. The molecular formula is C18H16FN3O2S. The third kappa shape index (κ3) is 3.23. The van der Waals surface area contributed by atoms with Crippen LogP contribution in [0.3, 0.4) is 0 Å². The third-order valence-corrected chi connectivity index (χ3v) is 4.46. The maximum atomic E-state index is 13.8. The van der Waals surface area contributed by atoms with Crippen molar-refractivity contribution in [3.8, 4) is 0 Å². The molecule has 3 aromatic rings. The van der Waals surface area contributed by atoms with Gasteiger partial charge in [-0.05, 0) is 43.4 Å². The number of nitrogens with zero attached hydrogens (tertiary/aromatic N) is 1. The summed E-state index contributed by atoms with van der Waals surface area (Å²) >= 11 is 5.09. The quantitative estimate of drug-likeness (QED) is 0.707. The molecule has 0 spiro atoms. The van der Waals surface area contributed by atoms with E-state index in [9.17, 15) is 14.0 Å². The Hall–Kier alpha value is -2.80. The van der Waals surface area contributed by atoms with Gasteiger partial charge in [0.15, 0.2) is 4.77 Å². The lowest BCUT2D eigenvalue weighted by Crippen LogP contribution is -2.27. The second-order valence-electron chi connectivity index (χ2n) is 5.77. The van der Waals surface area contributed by atoms with Crippen LogP contribution in [0.4, 0.5) is 4.39 Å². The van der Waals surface area contributed by atoms with Crippen molar-refractivity contribution in [2.75, 3.05) is 0 Å². The van der Waals surface area contributed by atoms with Gasteiger partial charge >= 0.3 is 0 Å². The highest BCUT2D eigenvalue weighted by Crippen LogP contribution is 2.17. The fraction of sp³-hybridized carbons (Fsp3) is 0.167. The molecule has 0 fully saturated rings. The van der Waals surface area contributed by atoms with Crippen molar-refractivity contribution < 1.29 is 9.18 Å². The molecule has 0 aliphatic heterocycles. The number of H-pyrrole nitrogens is 1. The second-order valence-corrected chi connectivity index (χ2v) is 6.16. The van der Waals surface area contributed by atoms with E-state index < -0.39 is 6.04 Å². The highest BCUT2D eigenvalue weighted by molar-refractivity contribution is 7.71. The molecule has 0 saturated carbocycles. The molecule has 1 unspecified atom stereocenters. The molecule has 7 heteroatoms. The van der Waals surface area contributed by atoms with Gasteiger partial charge in [0, 0.05) is 18.2 Å². The number of amides is 1. The molecule has 1 amide bonds. The third-order valence-electron chi connectivity index (χ3n) is 4.08. The van der Waals surface area contributed by atoms with Crippen molar-refractivity contribution in [1.82, 2.24) is 14.9 Å². The van der Waals surface area contributed by atoms with E-state index in [0.29, 0.717) is 22.0 Å². The summed E-state index contributed by atoms with van der Waals surface area (Å²) < 4.78 is 15.4. The lowest BCUT2D eigenvalue weighted by molar-refractivity contribution is 0.0939. The summed E-state index contributed by atoms with van der Waals surface area (Å²) in [6.07, 6.45) is 0. The SMILES string of the molecule is CC(NC(=O)c1ccc2c(=O)n(C)c(=S)[nH]c2c1)c1ccccc1F. The highest BCUT2D eigenvalue weighted by Gasteiger charge is 2.15. The van der Waals surface area contributed by atoms with E-state index in [2.05, 4.69) is 10.3 Å². The molecule has 0 radical (unpaired) electrons. The van der Waals surface area contributed by atoms with Crippen LogP contribution in [-0.2, 0) is 7.05 Å². The topological polar surface area (TPSA) is 66.9 Å². The monoisotopic (exact) mass is 357 g/mol. The van der Waals surface area contributed by atoms with E-state index in [0.717, 1.165) is 0 Å². The summed E-state index contributed by atoms with van der Waals surface area (Å²) in [4.78, 5) is 27.6. The predicted molar refractivity (Wildman–Crippen MR) is 96.7 cm³/mol. The number of hydrogen-bond acceptors (Lipinski definition) is 3. The number of hydrogen-bond donors (Lipinski definition) is 2. The van der Waals surface area contributed by atoms with E-state index in [4.69, 9.17) is 12.2 Å². The van der Waals surface area contributed by atoms with Crippen LogP contribution in [0.15, 0.2) is 47.3 Å². The zero-order valence-electron chi connectivity index (χ0n) is 13.7. The zero-order valence-corrected chi connectivity index (χ0v) is 14.5. The summed E-state index contributed by atoms with van der Waals surface area (Å²) in [5, 5.41) is 3.20. The van der Waals surface area contributed by atoms with Crippen LogP contribution >= 0.6 is 12.2 Å². The number of benzene rings is 2.